The van der Waals surface area contributed by atoms with Gasteiger partial charge in [-0.2, -0.15) is 0 Å². The molecule has 0 saturated carbocycles. The quantitative estimate of drug-likeness (QED) is 0.433. The Bertz CT molecular complexity index is 712. The van der Waals surface area contributed by atoms with Gasteiger partial charge in [-0.15, -0.1) is 0 Å². The number of guanidine groups is 1. The predicted molar refractivity (Wildman–Crippen MR) is 108 cm³/mol. The van der Waals surface area contributed by atoms with Crippen LogP contribution < -0.4 is 15.4 Å². The van der Waals surface area contributed by atoms with E-state index in [0.717, 1.165) is 37.5 Å². The van der Waals surface area contributed by atoms with Crippen molar-refractivity contribution < 1.29 is 19.1 Å². The molecule has 1 saturated heterocycles. The van der Waals surface area contributed by atoms with E-state index in [-0.39, 0.29) is 5.91 Å². The lowest BCUT2D eigenvalue weighted by molar-refractivity contribution is -0.121. The van der Waals surface area contributed by atoms with Gasteiger partial charge in [-0.25, -0.2) is 4.79 Å². The van der Waals surface area contributed by atoms with Gasteiger partial charge in [0.2, 0.25) is 5.91 Å². The van der Waals surface area contributed by atoms with Gasteiger partial charge in [0, 0.05) is 40.2 Å². The SMILES string of the molecule is CN=C(NCc1ccc(C(=O)OC)c(OC)c1)N1CCC(CC(=O)NC)CC1. The van der Waals surface area contributed by atoms with Gasteiger partial charge in [0.1, 0.15) is 11.3 Å². The molecule has 0 bridgehead atoms. The van der Waals surface area contributed by atoms with Crippen LogP contribution in [0.2, 0.25) is 0 Å². The minimum absolute atomic E-state index is 0.102. The molecule has 1 aromatic rings. The monoisotopic (exact) mass is 390 g/mol. The van der Waals surface area contributed by atoms with Crippen LogP contribution in [0.15, 0.2) is 23.2 Å². The number of hydrogen-bond acceptors (Lipinski definition) is 5. The highest BCUT2D eigenvalue weighted by Gasteiger charge is 2.23. The van der Waals surface area contributed by atoms with Crippen molar-refractivity contribution in [2.75, 3.05) is 41.4 Å². The third kappa shape index (κ3) is 5.61. The Labute approximate surface area is 166 Å². The zero-order valence-electron chi connectivity index (χ0n) is 17.1. The molecule has 0 aromatic heterocycles. The van der Waals surface area contributed by atoms with Gasteiger partial charge < -0.3 is 25.0 Å². The predicted octanol–water partition coefficient (Wildman–Crippen LogP) is 1.41. The number of amides is 1. The largest absolute Gasteiger partial charge is 0.496 e. The Morgan fingerprint density at radius 3 is 2.54 bits per heavy atom. The summed E-state index contributed by atoms with van der Waals surface area (Å²) < 4.78 is 10.1. The molecule has 0 atom stereocenters. The van der Waals surface area contributed by atoms with Crippen molar-refractivity contribution in [3.63, 3.8) is 0 Å². The maximum atomic E-state index is 11.8. The summed E-state index contributed by atoms with van der Waals surface area (Å²) in [6, 6.07) is 5.39. The van der Waals surface area contributed by atoms with E-state index in [2.05, 4.69) is 20.5 Å². The number of rotatable bonds is 6. The molecule has 1 heterocycles. The van der Waals surface area contributed by atoms with Crippen molar-refractivity contribution in [3.05, 3.63) is 29.3 Å². The second-order valence-corrected chi connectivity index (χ2v) is 6.73. The van der Waals surface area contributed by atoms with Gasteiger partial charge in [-0.1, -0.05) is 6.07 Å². The molecular weight excluding hydrogens is 360 g/mol. The minimum atomic E-state index is -0.424. The topological polar surface area (TPSA) is 92.3 Å². The highest BCUT2D eigenvalue weighted by Crippen LogP contribution is 2.22. The van der Waals surface area contributed by atoms with Crippen LogP contribution >= 0.6 is 0 Å². The molecule has 1 aliphatic rings. The number of nitrogens with zero attached hydrogens (tertiary/aromatic N) is 2. The molecule has 1 amide bonds. The molecule has 2 rings (SSSR count). The lowest BCUT2D eigenvalue weighted by atomic mass is 9.93. The molecule has 0 spiro atoms. The molecule has 154 valence electrons. The van der Waals surface area contributed by atoms with Crippen LogP contribution in [-0.4, -0.2) is 64.1 Å². The number of methoxy groups -OCH3 is 2. The fourth-order valence-corrected chi connectivity index (χ4v) is 3.35. The Morgan fingerprint density at radius 2 is 1.96 bits per heavy atom. The van der Waals surface area contributed by atoms with Gasteiger partial charge in [0.15, 0.2) is 5.96 Å². The average molecular weight is 390 g/mol. The highest BCUT2D eigenvalue weighted by atomic mass is 16.5. The fraction of sp³-hybridized carbons (Fsp3) is 0.550. The summed E-state index contributed by atoms with van der Waals surface area (Å²) in [7, 11) is 6.32. The molecule has 2 N–H and O–H groups in total. The molecule has 1 aliphatic heterocycles. The second-order valence-electron chi connectivity index (χ2n) is 6.73. The maximum absolute atomic E-state index is 11.8. The van der Waals surface area contributed by atoms with E-state index < -0.39 is 5.97 Å². The van der Waals surface area contributed by atoms with Crippen LogP contribution in [0, 0.1) is 5.92 Å². The zero-order valence-corrected chi connectivity index (χ0v) is 17.1. The number of aliphatic imine (C=N–C) groups is 1. The van der Waals surface area contributed by atoms with E-state index in [4.69, 9.17) is 9.47 Å². The van der Waals surface area contributed by atoms with Gasteiger partial charge in [-0.3, -0.25) is 9.79 Å². The summed E-state index contributed by atoms with van der Waals surface area (Å²) >= 11 is 0. The molecule has 8 nitrogen and oxygen atoms in total. The molecule has 0 radical (unpaired) electrons. The van der Waals surface area contributed by atoms with Crippen molar-refractivity contribution in [3.8, 4) is 5.75 Å². The third-order valence-corrected chi connectivity index (χ3v) is 5.00. The molecule has 0 unspecified atom stereocenters. The van der Waals surface area contributed by atoms with E-state index in [0.29, 0.717) is 30.2 Å². The fourth-order valence-electron chi connectivity index (χ4n) is 3.35. The number of ether oxygens (including phenoxy) is 2. The number of nitrogens with one attached hydrogen (secondary N) is 2. The van der Waals surface area contributed by atoms with Crippen molar-refractivity contribution in [1.82, 2.24) is 15.5 Å². The maximum Gasteiger partial charge on any atom is 0.341 e. The minimum Gasteiger partial charge on any atom is -0.496 e. The first kappa shape index (κ1) is 21.5. The first-order chi connectivity index (χ1) is 13.5. The zero-order chi connectivity index (χ0) is 20.5. The highest BCUT2D eigenvalue weighted by molar-refractivity contribution is 5.92. The smallest absolute Gasteiger partial charge is 0.341 e. The normalized spacial score (nSPS) is 15.1. The lowest BCUT2D eigenvalue weighted by Crippen LogP contribution is -2.45. The summed E-state index contributed by atoms with van der Waals surface area (Å²) in [6.45, 7) is 2.29. The Hall–Kier alpha value is -2.77. The lowest BCUT2D eigenvalue weighted by Gasteiger charge is -2.34. The van der Waals surface area contributed by atoms with E-state index in [1.807, 2.05) is 12.1 Å². The second kappa shape index (κ2) is 10.5. The number of esters is 1. The van der Waals surface area contributed by atoms with Gasteiger partial charge in [0.25, 0.3) is 0 Å². The molecule has 8 heteroatoms. The van der Waals surface area contributed by atoms with E-state index in [1.165, 1.54) is 14.2 Å². The van der Waals surface area contributed by atoms with Crippen LogP contribution in [-0.2, 0) is 16.1 Å². The first-order valence-electron chi connectivity index (χ1n) is 9.43. The van der Waals surface area contributed by atoms with Gasteiger partial charge in [-0.05, 0) is 36.5 Å². The number of carbonyl (C=O) groups excluding carboxylic acids is 2. The Balaban J connectivity index is 1.92. The van der Waals surface area contributed by atoms with Crippen molar-refractivity contribution in [2.45, 2.75) is 25.8 Å². The number of carbonyl (C=O) groups is 2. The first-order valence-corrected chi connectivity index (χ1v) is 9.43. The van der Waals surface area contributed by atoms with Crippen LogP contribution in [0.3, 0.4) is 0 Å². The van der Waals surface area contributed by atoms with Crippen LogP contribution in [0.4, 0.5) is 0 Å². The van der Waals surface area contributed by atoms with Gasteiger partial charge >= 0.3 is 5.97 Å². The molecule has 1 aromatic carbocycles. The van der Waals surface area contributed by atoms with Crippen LogP contribution in [0.1, 0.15) is 35.2 Å². The van der Waals surface area contributed by atoms with E-state index in [1.54, 1.807) is 20.2 Å². The summed E-state index contributed by atoms with van der Waals surface area (Å²) in [5.74, 6) is 1.41. The Kier molecular flexibility index (Phi) is 8.10. The standard InChI is InChI=1S/C20H30N4O4/c1-21-18(25)12-14-7-9-24(10-8-14)20(22-2)23-13-15-5-6-16(19(26)28-4)17(11-15)27-3/h5-6,11,14H,7-10,12-13H2,1-4H3,(H,21,25)(H,22,23). The summed E-state index contributed by atoms with van der Waals surface area (Å²) in [5.41, 5.74) is 1.37. The van der Waals surface area contributed by atoms with Crippen molar-refractivity contribution >= 4 is 17.8 Å². The van der Waals surface area contributed by atoms with Gasteiger partial charge in [0.05, 0.1) is 14.2 Å². The number of likely N-dealkylation sites (tertiary alicyclic amines) is 1. The van der Waals surface area contributed by atoms with Crippen molar-refractivity contribution in [2.24, 2.45) is 10.9 Å². The van der Waals surface area contributed by atoms with E-state index in [9.17, 15) is 9.59 Å². The number of hydrogen-bond donors (Lipinski definition) is 2. The molecular formula is C20H30N4O4. The van der Waals surface area contributed by atoms with E-state index >= 15 is 0 Å². The summed E-state index contributed by atoms with van der Waals surface area (Å²) in [4.78, 5) is 29.9. The molecule has 28 heavy (non-hydrogen) atoms. The number of piperidine rings is 1. The Morgan fingerprint density at radius 1 is 1.25 bits per heavy atom. The summed E-state index contributed by atoms with van der Waals surface area (Å²) in [5, 5.41) is 6.05. The molecule has 0 aliphatic carbocycles. The molecule has 1 fully saturated rings. The van der Waals surface area contributed by atoms with Crippen LogP contribution in [0.25, 0.3) is 0 Å². The third-order valence-electron chi connectivity index (χ3n) is 5.00. The van der Waals surface area contributed by atoms with Crippen LogP contribution in [0.5, 0.6) is 5.75 Å². The average Bonchev–Trinajstić information content (AvgIpc) is 2.74. The number of benzene rings is 1. The summed E-state index contributed by atoms with van der Waals surface area (Å²) in [6.07, 6.45) is 2.52. The van der Waals surface area contributed by atoms with Crippen molar-refractivity contribution in [1.29, 1.82) is 0 Å².